The summed E-state index contributed by atoms with van der Waals surface area (Å²) in [7, 11) is 1.79. The lowest BCUT2D eigenvalue weighted by atomic mass is 10.1. The van der Waals surface area contributed by atoms with Crippen molar-refractivity contribution in [1.29, 1.82) is 0 Å². The van der Waals surface area contributed by atoms with Gasteiger partial charge in [-0.1, -0.05) is 44.2 Å². The van der Waals surface area contributed by atoms with Gasteiger partial charge in [-0.2, -0.15) is 0 Å². The number of thiazole rings is 1. The lowest BCUT2D eigenvalue weighted by molar-refractivity contribution is 0.776. The molecule has 0 aliphatic heterocycles. The summed E-state index contributed by atoms with van der Waals surface area (Å²) < 4.78 is 0. The first-order valence-electron chi connectivity index (χ1n) is 7.61. The van der Waals surface area contributed by atoms with Gasteiger partial charge in [-0.3, -0.25) is 4.99 Å². The van der Waals surface area contributed by atoms with Crippen molar-refractivity contribution in [3.05, 3.63) is 52.0 Å². The van der Waals surface area contributed by atoms with Crippen LogP contribution < -0.4 is 10.6 Å². The van der Waals surface area contributed by atoms with Gasteiger partial charge in [-0.25, -0.2) is 4.98 Å². The molecule has 1 heterocycles. The third-order valence-corrected chi connectivity index (χ3v) is 4.47. The predicted molar refractivity (Wildman–Crippen MR) is 110 cm³/mol. The Morgan fingerprint density at radius 1 is 1.22 bits per heavy atom. The first kappa shape index (κ1) is 19.9. The van der Waals surface area contributed by atoms with Crippen LogP contribution in [0.3, 0.4) is 0 Å². The molecule has 1 aromatic carbocycles. The van der Waals surface area contributed by atoms with Crippen LogP contribution in [0.4, 0.5) is 0 Å². The number of aromatic nitrogens is 1. The largest absolute Gasteiger partial charge is 0.356 e. The molecule has 4 nitrogen and oxygen atoms in total. The summed E-state index contributed by atoms with van der Waals surface area (Å²) in [5, 5.41) is 9.93. The van der Waals surface area contributed by atoms with E-state index in [1.54, 1.807) is 18.4 Å². The highest BCUT2D eigenvalue weighted by Crippen LogP contribution is 2.18. The van der Waals surface area contributed by atoms with Gasteiger partial charge in [-0.15, -0.1) is 35.3 Å². The maximum atomic E-state index is 4.62. The van der Waals surface area contributed by atoms with Crippen LogP contribution >= 0.6 is 35.3 Å². The van der Waals surface area contributed by atoms with Crippen molar-refractivity contribution in [2.24, 2.45) is 4.99 Å². The van der Waals surface area contributed by atoms with E-state index in [0.29, 0.717) is 12.5 Å². The Bertz CT molecular complexity index is 596. The van der Waals surface area contributed by atoms with Gasteiger partial charge in [0, 0.05) is 24.9 Å². The van der Waals surface area contributed by atoms with Crippen molar-refractivity contribution >= 4 is 41.3 Å². The molecule has 23 heavy (non-hydrogen) atoms. The van der Waals surface area contributed by atoms with Crippen molar-refractivity contribution in [3.8, 4) is 0 Å². The van der Waals surface area contributed by atoms with Crippen LogP contribution in [0.5, 0.6) is 0 Å². The monoisotopic (exact) mass is 444 g/mol. The average Bonchev–Trinajstić information content (AvgIpc) is 3.01. The zero-order valence-corrected chi connectivity index (χ0v) is 17.0. The van der Waals surface area contributed by atoms with E-state index in [2.05, 4.69) is 64.1 Å². The SMILES string of the molecule is CN=C(NCCc1ccccc1)NCc1csc(C(C)C)n1.I. The van der Waals surface area contributed by atoms with E-state index >= 15 is 0 Å². The second-order valence-electron chi connectivity index (χ2n) is 5.42. The number of halogens is 1. The van der Waals surface area contributed by atoms with Gasteiger partial charge >= 0.3 is 0 Å². The van der Waals surface area contributed by atoms with E-state index in [4.69, 9.17) is 0 Å². The minimum absolute atomic E-state index is 0. The molecule has 6 heteroatoms. The van der Waals surface area contributed by atoms with E-state index in [1.807, 2.05) is 6.07 Å². The van der Waals surface area contributed by atoms with Crippen LogP contribution in [-0.4, -0.2) is 24.5 Å². The Morgan fingerprint density at radius 2 is 1.96 bits per heavy atom. The maximum Gasteiger partial charge on any atom is 0.191 e. The van der Waals surface area contributed by atoms with Gasteiger partial charge in [0.1, 0.15) is 0 Å². The standard InChI is InChI=1S/C17H24N4S.HI/c1-13(2)16-21-15(12-22-16)11-20-17(18-3)19-10-9-14-7-5-4-6-8-14;/h4-8,12-13H,9-11H2,1-3H3,(H2,18,19,20);1H. The van der Waals surface area contributed by atoms with Crippen molar-refractivity contribution < 1.29 is 0 Å². The quantitative estimate of drug-likeness (QED) is 0.405. The summed E-state index contributed by atoms with van der Waals surface area (Å²) in [4.78, 5) is 8.86. The lowest BCUT2D eigenvalue weighted by Gasteiger charge is -2.11. The zero-order chi connectivity index (χ0) is 15.8. The average molecular weight is 444 g/mol. The summed E-state index contributed by atoms with van der Waals surface area (Å²) in [5.41, 5.74) is 2.39. The third-order valence-electron chi connectivity index (χ3n) is 3.27. The minimum atomic E-state index is 0. The fraction of sp³-hybridized carbons (Fsp3) is 0.412. The predicted octanol–water partition coefficient (Wildman–Crippen LogP) is 3.79. The summed E-state index contributed by atoms with van der Waals surface area (Å²) in [6.45, 7) is 5.90. The van der Waals surface area contributed by atoms with E-state index in [-0.39, 0.29) is 24.0 Å². The van der Waals surface area contributed by atoms with Crippen molar-refractivity contribution in [1.82, 2.24) is 15.6 Å². The second kappa shape index (κ2) is 10.6. The second-order valence-corrected chi connectivity index (χ2v) is 6.31. The number of benzene rings is 1. The van der Waals surface area contributed by atoms with E-state index in [0.717, 1.165) is 24.6 Å². The van der Waals surface area contributed by atoms with Crippen LogP contribution in [0.25, 0.3) is 0 Å². The van der Waals surface area contributed by atoms with Gasteiger partial charge in [-0.05, 0) is 12.0 Å². The van der Waals surface area contributed by atoms with Crippen LogP contribution in [0, 0.1) is 0 Å². The molecule has 0 saturated heterocycles. The number of guanidine groups is 1. The van der Waals surface area contributed by atoms with Crippen LogP contribution in [0.1, 0.15) is 36.0 Å². The first-order chi connectivity index (χ1) is 10.7. The molecule has 0 spiro atoms. The van der Waals surface area contributed by atoms with Gasteiger partial charge in [0.25, 0.3) is 0 Å². The highest BCUT2D eigenvalue weighted by Gasteiger charge is 2.06. The Hall–Kier alpha value is -1.15. The number of nitrogens with one attached hydrogen (secondary N) is 2. The smallest absolute Gasteiger partial charge is 0.191 e. The zero-order valence-electron chi connectivity index (χ0n) is 13.9. The van der Waals surface area contributed by atoms with Crippen molar-refractivity contribution in [2.75, 3.05) is 13.6 Å². The Morgan fingerprint density at radius 3 is 2.57 bits per heavy atom. The van der Waals surface area contributed by atoms with Gasteiger partial charge in [0.15, 0.2) is 5.96 Å². The number of hydrogen-bond donors (Lipinski definition) is 2. The fourth-order valence-corrected chi connectivity index (χ4v) is 2.87. The molecule has 2 rings (SSSR count). The first-order valence-corrected chi connectivity index (χ1v) is 8.49. The molecule has 126 valence electrons. The summed E-state index contributed by atoms with van der Waals surface area (Å²) in [6.07, 6.45) is 0.982. The molecule has 2 N–H and O–H groups in total. The Balaban J connectivity index is 0.00000264. The van der Waals surface area contributed by atoms with E-state index < -0.39 is 0 Å². The number of aliphatic imine (C=N–C) groups is 1. The van der Waals surface area contributed by atoms with Crippen LogP contribution in [-0.2, 0) is 13.0 Å². The maximum absolute atomic E-state index is 4.62. The molecule has 0 saturated carbocycles. The molecule has 1 aromatic heterocycles. The molecule has 0 fully saturated rings. The van der Waals surface area contributed by atoms with E-state index in [1.165, 1.54) is 10.6 Å². The molecular weight excluding hydrogens is 419 g/mol. The molecular formula is C17H25IN4S. The third kappa shape index (κ3) is 6.87. The van der Waals surface area contributed by atoms with E-state index in [9.17, 15) is 0 Å². The lowest BCUT2D eigenvalue weighted by Crippen LogP contribution is -2.37. The molecule has 0 bridgehead atoms. The van der Waals surface area contributed by atoms with Crippen LogP contribution in [0.15, 0.2) is 40.7 Å². The Kier molecular flexibility index (Phi) is 9.16. The van der Waals surface area contributed by atoms with Crippen molar-refractivity contribution in [3.63, 3.8) is 0 Å². The molecule has 0 radical (unpaired) electrons. The van der Waals surface area contributed by atoms with Crippen LogP contribution in [0.2, 0.25) is 0 Å². The molecule has 0 unspecified atom stereocenters. The molecule has 0 atom stereocenters. The summed E-state index contributed by atoms with van der Waals surface area (Å²) >= 11 is 1.72. The van der Waals surface area contributed by atoms with Gasteiger partial charge in [0.2, 0.25) is 0 Å². The summed E-state index contributed by atoms with van der Waals surface area (Å²) in [6, 6.07) is 10.5. The summed E-state index contributed by atoms with van der Waals surface area (Å²) in [5.74, 6) is 1.30. The number of hydrogen-bond acceptors (Lipinski definition) is 3. The van der Waals surface area contributed by atoms with Gasteiger partial charge < -0.3 is 10.6 Å². The molecule has 0 amide bonds. The fourth-order valence-electron chi connectivity index (χ4n) is 2.03. The number of rotatable bonds is 6. The topological polar surface area (TPSA) is 49.3 Å². The normalized spacial score (nSPS) is 11.2. The molecule has 0 aliphatic rings. The highest BCUT2D eigenvalue weighted by molar-refractivity contribution is 14.0. The Labute approximate surface area is 159 Å². The van der Waals surface area contributed by atoms with Crippen molar-refractivity contribution in [2.45, 2.75) is 32.7 Å². The minimum Gasteiger partial charge on any atom is -0.356 e. The molecule has 2 aromatic rings. The number of nitrogens with zero attached hydrogens (tertiary/aromatic N) is 2. The highest BCUT2D eigenvalue weighted by atomic mass is 127. The van der Waals surface area contributed by atoms with Gasteiger partial charge in [0.05, 0.1) is 17.2 Å². The molecule has 0 aliphatic carbocycles.